The SMILES string of the molecule is CC1CCCCN1C(=O)c1cc([N+](=O)[O-])ccc1N(C)C. The zero-order chi connectivity index (χ0) is 15.6. The minimum absolute atomic E-state index is 0.0476. The average Bonchev–Trinajstić information content (AvgIpc) is 2.46. The van der Waals surface area contributed by atoms with E-state index in [0.717, 1.165) is 25.8 Å². The average molecular weight is 291 g/mol. The third-order valence-electron chi connectivity index (χ3n) is 3.97. The minimum atomic E-state index is -0.462. The molecule has 1 fully saturated rings. The van der Waals surface area contributed by atoms with Gasteiger partial charge in [-0.3, -0.25) is 14.9 Å². The summed E-state index contributed by atoms with van der Waals surface area (Å²) in [5, 5.41) is 11.0. The summed E-state index contributed by atoms with van der Waals surface area (Å²) in [6, 6.07) is 4.64. The van der Waals surface area contributed by atoms with E-state index in [9.17, 15) is 14.9 Å². The fourth-order valence-corrected chi connectivity index (χ4v) is 2.75. The van der Waals surface area contributed by atoms with E-state index < -0.39 is 4.92 Å². The summed E-state index contributed by atoms with van der Waals surface area (Å²) in [4.78, 5) is 26.9. The van der Waals surface area contributed by atoms with Crippen LogP contribution in [0.4, 0.5) is 11.4 Å². The molecular formula is C15H21N3O3. The topological polar surface area (TPSA) is 66.7 Å². The molecule has 0 aliphatic carbocycles. The fraction of sp³-hybridized carbons (Fsp3) is 0.533. The zero-order valence-corrected chi connectivity index (χ0v) is 12.7. The van der Waals surface area contributed by atoms with E-state index in [1.165, 1.54) is 12.1 Å². The molecule has 0 spiro atoms. The number of nitro groups is 1. The van der Waals surface area contributed by atoms with Crippen LogP contribution in [0, 0.1) is 10.1 Å². The number of amides is 1. The van der Waals surface area contributed by atoms with Crippen LogP contribution in [0.5, 0.6) is 0 Å². The van der Waals surface area contributed by atoms with Crippen molar-refractivity contribution >= 4 is 17.3 Å². The van der Waals surface area contributed by atoms with Crippen molar-refractivity contribution in [1.29, 1.82) is 0 Å². The van der Waals surface area contributed by atoms with Crippen molar-refractivity contribution in [3.05, 3.63) is 33.9 Å². The molecule has 6 heteroatoms. The van der Waals surface area contributed by atoms with Crippen molar-refractivity contribution < 1.29 is 9.72 Å². The molecule has 1 aliphatic rings. The van der Waals surface area contributed by atoms with Gasteiger partial charge in [-0.05, 0) is 32.3 Å². The summed E-state index contributed by atoms with van der Waals surface area (Å²) in [5.41, 5.74) is 1.07. The van der Waals surface area contributed by atoms with Crippen LogP contribution in [-0.2, 0) is 0 Å². The lowest BCUT2D eigenvalue weighted by molar-refractivity contribution is -0.384. The Morgan fingerprint density at radius 1 is 1.38 bits per heavy atom. The number of piperidine rings is 1. The van der Waals surface area contributed by atoms with E-state index in [1.54, 1.807) is 6.07 Å². The molecule has 1 amide bonds. The van der Waals surface area contributed by atoms with Crippen LogP contribution in [0.3, 0.4) is 0 Å². The largest absolute Gasteiger partial charge is 0.377 e. The van der Waals surface area contributed by atoms with Crippen molar-refractivity contribution in [3.63, 3.8) is 0 Å². The Hall–Kier alpha value is -2.11. The maximum absolute atomic E-state index is 12.8. The summed E-state index contributed by atoms with van der Waals surface area (Å²) < 4.78 is 0. The van der Waals surface area contributed by atoms with Gasteiger partial charge >= 0.3 is 0 Å². The third-order valence-corrected chi connectivity index (χ3v) is 3.97. The summed E-state index contributed by atoms with van der Waals surface area (Å²) in [6.45, 7) is 2.75. The molecule has 1 unspecified atom stereocenters. The van der Waals surface area contributed by atoms with Gasteiger partial charge in [0.05, 0.1) is 10.5 Å². The highest BCUT2D eigenvalue weighted by Crippen LogP contribution is 2.28. The third kappa shape index (κ3) is 3.15. The van der Waals surface area contributed by atoms with Gasteiger partial charge in [0.25, 0.3) is 11.6 Å². The van der Waals surface area contributed by atoms with Gasteiger partial charge in [-0.1, -0.05) is 0 Å². The lowest BCUT2D eigenvalue weighted by Gasteiger charge is -2.34. The predicted molar refractivity (Wildman–Crippen MR) is 81.8 cm³/mol. The first-order chi connectivity index (χ1) is 9.91. The van der Waals surface area contributed by atoms with E-state index in [0.29, 0.717) is 11.3 Å². The molecule has 0 aromatic heterocycles. The zero-order valence-electron chi connectivity index (χ0n) is 12.7. The number of benzene rings is 1. The number of nitrogens with zero attached hydrogens (tertiary/aromatic N) is 3. The normalized spacial score (nSPS) is 18.4. The number of non-ortho nitro benzene ring substituents is 1. The van der Waals surface area contributed by atoms with Crippen molar-refractivity contribution in [1.82, 2.24) is 4.90 Å². The minimum Gasteiger partial charge on any atom is -0.377 e. The summed E-state index contributed by atoms with van der Waals surface area (Å²) in [5.74, 6) is -0.116. The van der Waals surface area contributed by atoms with Crippen LogP contribution < -0.4 is 4.90 Å². The van der Waals surface area contributed by atoms with Crippen molar-refractivity contribution in [2.75, 3.05) is 25.5 Å². The molecule has 1 heterocycles. The van der Waals surface area contributed by atoms with Crippen LogP contribution in [0.2, 0.25) is 0 Å². The molecule has 6 nitrogen and oxygen atoms in total. The smallest absolute Gasteiger partial charge is 0.270 e. The van der Waals surface area contributed by atoms with Gasteiger partial charge in [0, 0.05) is 44.5 Å². The predicted octanol–water partition coefficient (Wildman–Crippen LogP) is 2.68. The second-order valence-corrected chi connectivity index (χ2v) is 5.70. The molecule has 0 N–H and O–H groups in total. The first-order valence-electron chi connectivity index (χ1n) is 7.18. The monoisotopic (exact) mass is 291 g/mol. The second kappa shape index (κ2) is 6.11. The summed E-state index contributed by atoms with van der Waals surface area (Å²) >= 11 is 0. The molecule has 1 aromatic rings. The molecule has 0 bridgehead atoms. The Labute approximate surface area is 124 Å². The lowest BCUT2D eigenvalue weighted by atomic mass is 10.0. The van der Waals surface area contributed by atoms with Gasteiger partial charge in [-0.15, -0.1) is 0 Å². The van der Waals surface area contributed by atoms with Crippen LogP contribution in [-0.4, -0.2) is 42.4 Å². The van der Waals surface area contributed by atoms with Crippen molar-refractivity contribution in [2.24, 2.45) is 0 Å². The van der Waals surface area contributed by atoms with E-state index >= 15 is 0 Å². The summed E-state index contributed by atoms with van der Waals surface area (Å²) in [6.07, 6.45) is 3.10. The maximum atomic E-state index is 12.8. The van der Waals surface area contributed by atoms with Gasteiger partial charge in [0.2, 0.25) is 0 Å². The van der Waals surface area contributed by atoms with Crippen LogP contribution >= 0.6 is 0 Å². The fourth-order valence-electron chi connectivity index (χ4n) is 2.75. The number of likely N-dealkylation sites (tertiary alicyclic amines) is 1. The Morgan fingerprint density at radius 3 is 2.67 bits per heavy atom. The molecule has 2 rings (SSSR count). The second-order valence-electron chi connectivity index (χ2n) is 5.70. The maximum Gasteiger partial charge on any atom is 0.270 e. The number of carbonyl (C=O) groups excluding carboxylic acids is 1. The Bertz CT molecular complexity index is 557. The van der Waals surface area contributed by atoms with Gasteiger partial charge in [-0.25, -0.2) is 0 Å². The highest BCUT2D eigenvalue weighted by Gasteiger charge is 2.27. The van der Waals surface area contributed by atoms with Crippen LogP contribution in [0.15, 0.2) is 18.2 Å². The molecule has 21 heavy (non-hydrogen) atoms. The van der Waals surface area contributed by atoms with Gasteiger partial charge in [0.15, 0.2) is 0 Å². The highest BCUT2D eigenvalue weighted by atomic mass is 16.6. The Kier molecular flexibility index (Phi) is 4.45. The van der Waals surface area contributed by atoms with E-state index in [2.05, 4.69) is 0 Å². The quantitative estimate of drug-likeness (QED) is 0.634. The standard InChI is InChI=1S/C15H21N3O3/c1-11-6-4-5-9-17(11)15(19)13-10-12(18(20)21)7-8-14(13)16(2)3/h7-8,10-11H,4-6,9H2,1-3H3. The van der Waals surface area contributed by atoms with E-state index in [1.807, 2.05) is 30.8 Å². The van der Waals surface area contributed by atoms with Crippen LogP contribution in [0.25, 0.3) is 0 Å². The summed E-state index contributed by atoms with van der Waals surface area (Å²) in [7, 11) is 3.66. The highest BCUT2D eigenvalue weighted by molar-refractivity contribution is 6.00. The molecule has 1 aliphatic heterocycles. The van der Waals surface area contributed by atoms with Gasteiger partial charge in [0.1, 0.15) is 0 Å². The number of rotatable bonds is 3. The molecule has 0 saturated carbocycles. The Morgan fingerprint density at radius 2 is 2.10 bits per heavy atom. The first kappa shape index (κ1) is 15.3. The first-order valence-corrected chi connectivity index (χ1v) is 7.18. The van der Waals surface area contributed by atoms with Crippen molar-refractivity contribution in [3.8, 4) is 0 Å². The van der Waals surface area contributed by atoms with Gasteiger partial charge in [-0.2, -0.15) is 0 Å². The molecule has 114 valence electrons. The van der Waals surface area contributed by atoms with Gasteiger partial charge < -0.3 is 9.80 Å². The van der Waals surface area contributed by atoms with E-state index in [4.69, 9.17) is 0 Å². The number of anilines is 1. The molecule has 1 saturated heterocycles. The molecule has 1 aromatic carbocycles. The lowest BCUT2D eigenvalue weighted by Crippen LogP contribution is -2.42. The molecular weight excluding hydrogens is 270 g/mol. The Balaban J connectivity index is 2.41. The number of nitro benzene ring substituents is 1. The van der Waals surface area contributed by atoms with Crippen LogP contribution in [0.1, 0.15) is 36.5 Å². The number of carbonyl (C=O) groups is 1. The number of hydrogen-bond acceptors (Lipinski definition) is 4. The molecule has 0 radical (unpaired) electrons. The van der Waals surface area contributed by atoms with Crippen molar-refractivity contribution in [2.45, 2.75) is 32.2 Å². The van der Waals surface area contributed by atoms with E-state index in [-0.39, 0.29) is 17.6 Å². The number of hydrogen-bond donors (Lipinski definition) is 0. The molecule has 1 atom stereocenters.